The predicted molar refractivity (Wildman–Crippen MR) is 56.7 cm³/mol. The highest BCUT2D eigenvalue weighted by atomic mass is 35.5. The van der Waals surface area contributed by atoms with E-state index >= 15 is 0 Å². The van der Waals surface area contributed by atoms with Crippen LogP contribution in [0.4, 0.5) is 10.1 Å². The molecule has 0 aliphatic heterocycles. The second kappa shape index (κ2) is 5.46. The van der Waals surface area contributed by atoms with Crippen molar-refractivity contribution in [2.45, 2.75) is 6.92 Å². The molecule has 1 aromatic carbocycles. The van der Waals surface area contributed by atoms with Crippen LogP contribution in [0.3, 0.4) is 0 Å². The number of benzene rings is 1. The van der Waals surface area contributed by atoms with E-state index < -0.39 is 17.7 Å². The van der Waals surface area contributed by atoms with Crippen molar-refractivity contribution < 1.29 is 18.7 Å². The normalized spacial score (nSPS) is 9.69. The highest BCUT2D eigenvalue weighted by Gasteiger charge is 2.18. The Labute approximate surface area is 96.3 Å². The molecule has 0 fully saturated rings. The van der Waals surface area contributed by atoms with Gasteiger partial charge in [0.05, 0.1) is 17.3 Å². The Morgan fingerprint density at radius 1 is 1.50 bits per heavy atom. The van der Waals surface area contributed by atoms with Crippen LogP contribution in [0.25, 0.3) is 0 Å². The number of rotatable bonds is 2. The topological polar surface area (TPSA) is 55.4 Å². The lowest BCUT2D eigenvalue weighted by Gasteiger charge is -2.07. The minimum absolute atomic E-state index is 0.0117. The number of anilines is 1. The number of ether oxygens (including phenoxy) is 1. The van der Waals surface area contributed by atoms with Crippen molar-refractivity contribution in [1.82, 2.24) is 0 Å². The molecule has 0 aromatic heterocycles. The van der Waals surface area contributed by atoms with Gasteiger partial charge in [-0.1, -0.05) is 17.7 Å². The minimum atomic E-state index is -1.08. The molecule has 0 unspecified atom stereocenters. The fourth-order valence-electron chi connectivity index (χ4n) is 0.978. The first-order chi connectivity index (χ1) is 7.56. The molecule has 86 valence electrons. The number of hydrogen-bond donors (Lipinski definition) is 1. The molecule has 16 heavy (non-hydrogen) atoms. The number of hydrogen-bond acceptors (Lipinski definition) is 3. The molecule has 0 saturated heterocycles. The van der Waals surface area contributed by atoms with Gasteiger partial charge in [0.15, 0.2) is 0 Å². The van der Waals surface area contributed by atoms with Gasteiger partial charge in [0.2, 0.25) is 0 Å². The Bertz CT molecular complexity index is 402. The molecular formula is C10H9ClFNO3. The maximum absolute atomic E-state index is 13.2. The number of carbonyl (C=O) groups is 2. The largest absolute Gasteiger partial charge is 0.459 e. The highest BCUT2D eigenvalue weighted by molar-refractivity contribution is 6.39. The Morgan fingerprint density at radius 2 is 2.19 bits per heavy atom. The third-order valence-electron chi connectivity index (χ3n) is 1.66. The van der Waals surface area contributed by atoms with E-state index in [0.717, 1.165) is 6.07 Å². The summed E-state index contributed by atoms with van der Waals surface area (Å²) in [5, 5.41) is 2.05. The summed E-state index contributed by atoms with van der Waals surface area (Å²) in [6.07, 6.45) is 0. The maximum Gasteiger partial charge on any atom is 0.397 e. The zero-order valence-electron chi connectivity index (χ0n) is 8.42. The smallest absolute Gasteiger partial charge is 0.397 e. The van der Waals surface area contributed by atoms with Crippen molar-refractivity contribution in [1.29, 1.82) is 0 Å². The quantitative estimate of drug-likeness (QED) is 0.640. The molecule has 0 heterocycles. The summed E-state index contributed by atoms with van der Waals surface area (Å²) in [5.41, 5.74) is -0.234. The van der Waals surface area contributed by atoms with Crippen molar-refractivity contribution in [2.24, 2.45) is 0 Å². The van der Waals surface area contributed by atoms with E-state index in [0.29, 0.717) is 0 Å². The molecule has 0 aliphatic carbocycles. The van der Waals surface area contributed by atoms with E-state index in [1.165, 1.54) is 12.1 Å². The van der Waals surface area contributed by atoms with Crippen LogP contribution < -0.4 is 5.32 Å². The average molecular weight is 246 g/mol. The van der Waals surface area contributed by atoms with E-state index in [1.807, 2.05) is 5.32 Å². The number of amides is 1. The van der Waals surface area contributed by atoms with E-state index in [2.05, 4.69) is 4.74 Å². The van der Waals surface area contributed by atoms with Crippen LogP contribution in [-0.2, 0) is 14.3 Å². The average Bonchev–Trinajstić information content (AvgIpc) is 2.23. The first-order valence-corrected chi connectivity index (χ1v) is 4.86. The molecule has 4 nitrogen and oxygen atoms in total. The van der Waals surface area contributed by atoms with Gasteiger partial charge in [-0.2, -0.15) is 0 Å². The van der Waals surface area contributed by atoms with Crippen LogP contribution in [0.1, 0.15) is 6.92 Å². The number of esters is 1. The number of halogens is 2. The van der Waals surface area contributed by atoms with Crippen LogP contribution in [0.2, 0.25) is 5.02 Å². The summed E-state index contributed by atoms with van der Waals surface area (Å²) < 4.78 is 17.6. The second-order valence-electron chi connectivity index (χ2n) is 2.77. The Balaban J connectivity index is 2.81. The second-order valence-corrected chi connectivity index (χ2v) is 3.18. The van der Waals surface area contributed by atoms with Gasteiger partial charge in [-0.3, -0.25) is 4.79 Å². The molecule has 1 aromatic rings. The number of nitrogens with one attached hydrogen (secondary N) is 1. The lowest BCUT2D eigenvalue weighted by Crippen LogP contribution is -2.25. The lowest BCUT2D eigenvalue weighted by molar-refractivity contribution is -0.152. The summed E-state index contributed by atoms with van der Waals surface area (Å²) in [4.78, 5) is 22.2. The molecule has 1 rings (SSSR count). The highest BCUT2D eigenvalue weighted by Crippen LogP contribution is 2.24. The SMILES string of the molecule is CCOC(=O)C(=O)Nc1c(F)cccc1Cl. The van der Waals surface area contributed by atoms with Crippen LogP contribution in [0, 0.1) is 5.82 Å². The van der Waals surface area contributed by atoms with Gasteiger partial charge in [0.25, 0.3) is 0 Å². The zero-order chi connectivity index (χ0) is 12.1. The van der Waals surface area contributed by atoms with Crippen molar-refractivity contribution >= 4 is 29.2 Å². The number of carbonyl (C=O) groups excluding carboxylic acids is 2. The van der Waals surface area contributed by atoms with Crippen LogP contribution >= 0.6 is 11.6 Å². The first kappa shape index (κ1) is 12.4. The summed E-state index contributed by atoms with van der Waals surface area (Å²) in [7, 11) is 0. The van der Waals surface area contributed by atoms with E-state index in [9.17, 15) is 14.0 Å². The third kappa shape index (κ3) is 2.93. The van der Waals surface area contributed by atoms with E-state index in [4.69, 9.17) is 11.6 Å². The standard InChI is InChI=1S/C10H9ClFNO3/c1-2-16-10(15)9(14)13-8-6(11)4-3-5-7(8)12/h3-5H,2H2,1H3,(H,13,14). The van der Waals surface area contributed by atoms with E-state index in [1.54, 1.807) is 6.92 Å². The van der Waals surface area contributed by atoms with Gasteiger partial charge in [-0.15, -0.1) is 0 Å². The summed E-state index contributed by atoms with van der Waals surface area (Å²) >= 11 is 5.65. The molecule has 0 saturated carbocycles. The Kier molecular flexibility index (Phi) is 4.25. The van der Waals surface area contributed by atoms with Crippen LogP contribution in [0.5, 0.6) is 0 Å². The summed E-state index contributed by atoms with van der Waals surface area (Å²) in [5.74, 6) is -2.86. The monoisotopic (exact) mass is 245 g/mol. The Hall–Kier alpha value is -1.62. The van der Waals surface area contributed by atoms with Crippen molar-refractivity contribution in [3.63, 3.8) is 0 Å². The predicted octanol–water partition coefficient (Wildman–Crippen LogP) is 1.98. The molecule has 0 spiro atoms. The third-order valence-corrected chi connectivity index (χ3v) is 1.98. The van der Waals surface area contributed by atoms with Crippen molar-refractivity contribution in [2.75, 3.05) is 11.9 Å². The Morgan fingerprint density at radius 3 is 2.75 bits per heavy atom. The van der Waals surface area contributed by atoms with Crippen molar-refractivity contribution in [3.8, 4) is 0 Å². The van der Waals surface area contributed by atoms with Gasteiger partial charge in [-0.05, 0) is 19.1 Å². The van der Waals surface area contributed by atoms with Gasteiger partial charge < -0.3 is 10.1 Å². The zero-order valence-corrected chi connectivity index (χ0v) is 9.18. The molecule has 1 amide bonds. The molecule has 6 heteroatoms. The molecule has 0 radical (unpaired) electrons. The van der Waals surface area contributed by atoms with Crippen LogP contribution in [0.15, 0.2) is 18.2 Å². The van der Waals surface area contributed by atoms with Crippen LogP contribution in [-0.4, -0.2) is 18.5 Å². The van der Waals surface area contributed by atoms with Crippen molar-refractivity contribution in [3.05, 3.63) is 29.0 Å². The van der Waals surface area contributed by atoms with Gasteiger partial charge >= 0.3 is 11.9 Å². The molecule has 1 N–H and O–H groups in total. The summed E-state index contributed by atoms with van der Waals surface area (Å²) in [6.45, 7) is 1.62. The number of para-hydroxylation sites is 1. The molecule has 0 aliphatic rings. The summed E-state index contributed by atoms with van der Waals surface area (Å²) in [6, 6.07) is 3.90. The fraction of sp³-hybridized carbons (Fsp3) is 0.200. The molecule has 0 atom stereocenters. The lowest BCUT2D eigenvalue weighted by atomic mass is 10.3. The first-order valence-electron chi connectivity index (χ1n) is 4.48. The van der Waals surface area contributed by atoms with Gasteiger partial charge in [0.1, 0.15) is 5.82 Å². The maximum atomic E-state index is 13.2. The van der Waals surface area contributed by atoms with E-state index in [-0.39, 0.29) is 17.3 Å². The minimum Gasteiger partial charge on any atom is -0.459 e. The fourth-order valence-corrected chi connectivity index (χ4v) is 1.19. The molecular weight excluding hydrogens is 237 g/mol. The van der Waals surface area contributed by atoms with Gasteiger partial charge in [-0.25, -0.2) is 9.18 Å². The molecule has 0 bridgehead atoms. The van der Waals surface area contributed by atoms with Gasteiger partial charge in [0, 0.05) is 0 Å².